The van der Waals surface area contributed by atoms with Gasteiger partial charge in [0.25, 0.3) is 0 Å². The summed E-state index contributed by atoms with van der Waals surface area (Å²) >= 11 is 11.8. The second-order valence-electron chi connectivity index (χ2n) is 6.18. The van der Waals surface area contributed by atoms with Crippen molar-refractivity contribution in [1.29, 1.82) is 0 Å². The standard InChI is InChI=1S/C19H21ClN2S/c1-13-6-8-15(9-7-13)16-10-11-22(12-16)19(23)21-18-5-3-4-17(20)14(18)2/h3-9,16H,10-12H2,1-2H3,(H,21,23). The zero-order valence-electron chi connectivity index (χ0n) is 13.5. The quantitative estimate of drug-likeness (QED) is 0.759. The predicted molar refractivity (Wildman–Crippen MR) is 103 cm³/mol. The van der Waals surface area contributed by atoms with Crippen LogP contribution < -0.4 is 5.32 Å². The molecule has 23 heavy (non-hydrogen) atoms. The molecule has 0 spiro atoms. The van der Waals surface area contributed by atoms with Gasteiger partial charge < -0.3 is 10.2 Å². The van der Waals surface area contributed by atoms with Crippen LogP contribution in [-0.4, -0.2) is 23.1 Å². The Balaban J connectivity index is 1.65. The number of rotatable bonds is 2. The molecule has 1 unspecified atom stereocenters. The van der Waals surface area contributed by atoms with Gasteiger partial charge in [0.05, 0.1) is 0 Å². The molecule has 4 heteroatoms. The Hall–Kier alpha value is -1.58. The Kier molecular flexibility index (Phi) is 4.88. The lowest BCUT2D eigenvalue weighted by atomic mass is 9.98. The fourth-order valence-electron chi connectivity index (χ4n) is 2.99. The van der Waals surface area contributed by atoms with Gasteiger partial charge in [-0.3, -0.25) is 0 Å². The molecule has 1 heterocycles. The summed E-state index contributed by atoms with van der Waals surface area (Å²) in [6.45, 7) is 6.09. The van der Waals surface area contributed by atoms with Gasteiger partial charge in [0.2, 0.25) is 0 Å². The highest BCUT2D eigenvalue weighted by Crippen LogP contribution is 2.29. The minimum Gasteiger partial charge on any atom is -0.348 e. The molecule has 2 aromatic carbocycles. The summed E-state index contributed by atoms with van der Waals surface area (Å²) in [7, 11) is 0. The van der Waals surface area contributed by atoms with Gasteiger partial charge in [0.15, 0.2) is 5.11 Å². The third-order valence-electron chi connectivity index (χ3n) is 4.53. The molecule has 1 aliphatic rings. The molecule has 1 atom stereocenters. The molecule has 2 nitrogen and oxygen atoms in total. The summed E-state index contributed by atoms with van der Waals surface area (Å²) in [5.41, 5.74) is 4.73. The number of benzene rings is 2. The minimum absolute atomic E-state index is 0.552. The average Bonchev–Trinajstić information content (AvgIpc) is 3.02. The topological polar surface area (TPSA) is 15.3 Å². The maximum atomic E-state index is 6.18. The fourth-order valence-corrected chi connectivity index (χ4v) is 3.44. The fraction of sp³-hybridized carbons (Fsp3) is 0.316. The first-order chi connectivity index (χ1) is 11.0. The molecule has 0 saturated carbocycles. The third-order valence-corrected chi connectivity index (χ3v) is 5.30. The van der Waals surface area contributed by atoms with Crippen LogP contribution in [0.4, 0.5) is 5.69 Å². The van der Waals surface area contributed by atoms with E-state index in [-0.39, 0.29) is 0 Å². The molecule has 1 aliphatic heterocycles. The molecule has 1 N–H and O–H groups in total. The van der Waals surface area contributed by atoms with E-state index in [0.717, 1.165) is 40.9 Å². The predicted octanol–water partition coefficient (Wildman–Crippen LogP) is 5.14. The Bertz CT molecular complexity index is 712. The lowest BCUT2D eigenvalue weighted by Gasteiger charge is -2.22. The number of halogens is 1. The molecule has 1 saturated heterocycles. The second-order valence-corrected chi connectivity index (χ2v) is 6.98. The van der Waals surface area contributed by atoms with Crippen LogP contribution in [0.1, 0.15) is 29.0 Å². The summed E-state index contributed by atoms with van der Waals surface area (Å²) in [5.74, 6) is 0.552. The maximum absolute atomic E-state index is 6.18. The van der Waals surface area contributed by atoms with Crippen LogP contribution >= 0.6 is 23.8 Å². The molecule has 0 radical (unpaired) electrons. The number of hydrogen-bond donors (Lipinski definition) is 1. The first kappa shape index (κ1) is 16.3. The smallest absolute Gasteiger partial charge is 0.173 e. The van der Waals surface area contributed by atoms with Gasteiger partial charge in [-0.1, -0.05) is 47.5 Å². The highest BCUT2D eigenvalue weighted by Gasteiger charge is 2.25. The SMILES string of the molecule is Cc1ccc(C2CCN(C(=S)Nc3cccc(Cl)c3C)C2)cc1. The van der Waals surface area contributed by atoms with Gasteiger partial charge in [-0.25, -0.2) is 0 Å². The van der Waals surface area contributed by atoms with Gasteiger partial charge in [0.1, 0.15) is 0 Å². The molecular formula is C19H21ClN2S. The maximum Gasteiger partial charge on any atom is 0.173 e. The van der Waals surface area contributed by atoms with Gasteiger partial charge in [-0.2, -0.15) is 0 Å². The minimum atomic E-state index is 0.552. The number of anilines is 1. The van der Waals surface area contributed by atoms with E-state index in [2.05, 4.69) is 41.4 Å². The Morgan fingerprint density at radius 2 is 1.91 bits per heavy atom. The van der Waals surface area contributed by atoms with Crippen LogP contribution in [0.25, 0.3) is 0 Å². The first-order valence-electron chi connectivity index (χ1n) is 7.92. The van der Waals surface area contributed by atoms with Crippen molar-refractivity contribution in [2.75, 3.05) is 18.4 Å². The summed E-state index contributed by atoms with van der Waals surface area (Å²) in [4.78, 5) is 2.25. The van der Waals surface area contributed by atoms with E-state index >= 15 is 0 Å². The molecule has 0 bridgehead atoms. The van der Waals surface area contributed by atoms with E-state index in [4.69, 9.17) is 23.8 Å². The molecular weight excluding hydrogens is 324 g/mol. The molecule has 0 aromatic heterocycles. The number of nitrogens with zero attached hydrogens (tertiary/aromatic N) is 1. The van der Waals surface area contributed by atoms with Crippen molar-refractivity contribution in [2.45, 2.75) is 26.2 Å². The number of aryl methyl sites for hydroxylation is 1. The highest BCUT2D eigenvalue weighted by atomic mass is 35.5. The van der Waals surface area contributed by atoms with E-state index in [1.54, 1.807) is 0 Å². The molecule has 3 rings (SSSR count). The van der Waals surface area contributed by atoms with Crippen molar-refractivity contribution < 1.29 is 0 Å². The van der Waals surface area contributed by atoms with Crippen molar-refractivity contribution in [2.24, 2.45) is 0 Å². The summed E-state index contributed by atoms with van der Waals surface area (Å²) in [6.07, 6.45) is 1.14. The van der Waals surface area contributed by atoms with Gasteiger partial charge >= 0.3 is 0 Å². The normalized spacial score (nSPS) is 17.3. The van der Waals surface area contributed by atoms with E-state index in [1.807, 2.05) is 25.1 Å². The van der Waals surface area contributed by atoms with Crippen molar-refractivity contribution in [3.8, 4) is 0 Å². The van der Waals surface area contributed by atoms with E-state index < -0.39 is 0 Å². The Morgan fingerprint density at radius 3 is 2.65 bits per heavy atom. The summed E-state index contributed by atoms with van der Waals surface area (Å²) in [6, 6.07) is 14.7. The van der Waals surface area contributed by atoms with E-state index in [1.165, 1.54) is 11.1 Å². The number of hydrogen-bond acceptors (Lipinski definition) is 1. The van der Waals surface area contributed by atoms with Crippen molar-refractivity contribution in [3.63, 3.8) is 0 Å². The van der Waals surface area contributed by atoms with Crippen LogP contribution in [0, 0.1) is 13.8 Å². The zero-order valence-corrected chi connectivity index (χ0v) is 15.0. The molecule has 0 amide bonds. The zero-order chi connectivity index (χ0) is 16.4. The Labute approximate surface area is 148 Å². The van der Waals surface area contributed by atoms with E-state index in [0.29, 0.717) is 5.92 Å². The van der Waals surface area contributed by atoms with Gasteiger partial charge in [0, 0.05) is 29.7 Å². The van der Waals surface area contributed by atoms with Crippen molar-refractivity contribution in [1.82, 2.24) is 4.90 Å². The Morgan fingerprint density at radius 1 is 1.17 bits per heavy atom. The largest absolute Gasteiger partial charge is 0.348 e. The average molecular weight is 345 g/mol. The molecule has 120 valence electrons. The summed E-state index contributed by atoms with van der Waals surface area (Å²) in [5, 5.41) is 4.89. The highest BCUT2D eigenvalue weighted by molar-refractivity contribution is 7.80. The van der Waals surface area contributed by atoms with Crippen molar-refractivity contribution in [3.05, 3.63) is 64.2 Å². The lowest BCUT2D eigenvalue weighted by molar-refractivity contribution is 0.518. The van der Waals surface area contributed by atoms with Gasteiger partial charge in [-0.05, 0) is 55.7 Å². The monoisotopic (exact) mass is 344 g/mol. The first-order valence-corrected chi connectivity index (χ1v) is 8.71. The lowest BCUT2D eigenvalue weighted by Crippen LogP contribution is -2.32. The number of thiocarbonyl (C=S) groups is 1. The van der Waals surface area contributed by atoms with Crippen LogP contribution in [0.3, 0.4) is 0 Å². The third kappa shape index (κ3) is 3.67. The van der Waals surface area contributed by atoms with Crippen LogP contribution in [0.2, 0.25) is 5.02 Å². The van der Waals surface area contributed by atoms with Gasteiger partial charge in [-0.15, -0.1) is 0 Å². The second kappa shape index (κ2) is 6.90. The molecule has 0 aliphatic carbocycles. The number of nitrogens with one attached hydrogen (secondary N) is 1. The van der Waals surface area contributed by atoms with Crippen LogP contribution in [0.5, 0.6) is 0 Å². The number of likely N-dealkylation sites (tertiary alicyclic amines) is 1. The summed E-state index contributed by atoms with van der Waals surface area (Å²) < 4.78 is 0. The van der Waals surface area contributed by atoms with Crippen molar-refractivity contribution >= 4 is 34.6 Å². The van der Waals surface area contributed by atoms with Crippen LogP contribution in [0.15, 0.2) is 42.5 Å². The molecule has 1 fully saturated rings. The molecule has 2 aromatic rings. The van der Waals surface area contributed by atoms with Crippen LogP contribution in [-0.2, 0) is 0 Å². The van der Waals surface area contributed by atoms with E-state index in [9.17, 15) is 0 Å².